The van der Waals surface area contributed by atoms with Gasteiger partial charge in [-0.15, -0.1) is 6.42 Å². The molecule has 6 heteroatoms. The van der Waals surface area contributed by atoms with Gasteiger partial charge >= 0.3 is 5.97 Å². The summed E-state index contributed by atoms with van der Waals surface area (Å²) in [6.07, 6.45) is 8.84. The fraction of sp³-hybridized carbons (Fsp3) is 0.261. The smallest absolute Gasteiger partial charge is 0.337 e. The number of fused-ring (bicyclic) bond motifs is 1. The number of carbonyl (C=O) groups is 2. The van der Waals surface area contributed by atoms with Crippen LogP contribution in [0, 0.1) is 12.3 Å². The van der Waals surface area contributed by atoms with E-state index >= 15 is 0 Å². The van der Waals surface area contributed by atoms with E-state index in [4.69, 9.17) is 6.42 Å². The maximum absolute atomic E-state index is 12.7. The van der Waals surface area contributed by atoms with Crippen LogP contribution in [0.4, 0.5) is 0 Å². The van der Waals surface area contributed by atoms with E-state index < -0.39 is 5.97 Å². The van der Waals surface area contributed by atoms with E-state index in [1.165, 1.54) is 24.0 Å². The largest absolute Gasteiger partial charge is 0.465 e. The third-order valence-electron chi connectivity index (χ3n) is 4.57. The number of rotatable bonds is 6. The number of thiazole rings is 1. The minimum Gasteiger partial charge on any atom is -0.465 e. The molecular weight excluding hydrogens is 384 g/mol. The molecule has 0 radical (unpaired) electrons. The Bertz CT molecular complexity index is 1150. The standard InChI is InChI=1S/C23H22N2O3S/c1-4-6-7-16-8-13-19-20(15-16)29-23(25(19)14-5-2)24-21(26)17-9-11-18(12-10-17)22(27)28-3/h2,8-13,15H,4,6-7,14H2,1,3H3. The Morgan fingerprint density at radius 3 is 2.55 bits per heavy atom. The van der Waals surface area contributed by atoms with E-state index in [0.717, 1.165) is 29.5 Å². The van der Waals surface area contributed by atoms with Crippen LogP contribution in [0.15, 0.2) is 47.5 Å². The third kappa shape index (κ3) is 4.64. The van der Waals surface area contributed by atoms with Gasteiger partial charge in [0.2, 0.25) is 0 Å². The van der Waals surface area contributed by atoms with Gasteiger partial charge in [-0.05, 0) is 54.8 Å². The van der Waals surface area contributed by atoms with E-state index in [9.17, 15) is 9.59 Å². The molecule has 0 aliphatic carbocycles. The second kappa shape index (κ2) is 9.35. The van der Waals surface area contributed by atoms with Gasteiger partial charge in [0, 0.05) is 5.56 Å². The average Bonchev–Trinajstić information content (AvgIpc) is 3.08. The highest BCUT2D eigenvalue weighted by atomic mass is 32.1. The first-order valence-corrected chi connectivity index (χ1v) is 10.2. The molecule has 3 rings (SSSR count). The summed E-state index contributed by atoms with van der Waals surface area (Å²) in [4.78, 5) is 29.1. The van der Waals surface area contributed by atoms with E-state index in [1.54, 1.807) is 24.3 Å². The lowest BCUT2D eigenvalue weighted by Gasteiger charge is -2.02. The molecule has 1 aromatic heterocycles. The zero-order chi connectivity index (χ0) is 20.8. The Balaban J connectivity index is 1.99. The number of esters is 1. The van der Waals surface area contributed by atoms with Gasteiger partial charge in [0.15, 0.2) is 4.80 Å². The highest BCUT2D eigenvalue weighted by molar-refractivity contribution is 7.16. The number of carbonyl (C=O) groups excluding carboxylic acids is 2. The Morgan fingerprint density at radius 1 is 1.17 bits per heavy atom. The summed E-state index contributed by atoms with van der Waals surface area (Å²) in [5.74, 6) is 1.81. The first kappa shape index (κ1) is 20.6. The van der Waals surface area contributed by atoms with Crippen LogP contribution in [0.5, 0.6) is 0 Å². The number of unbranched alkanes of at least 4 members (excludes halogenated alkanes) is 1. The molecular formula is C23H22N2O3S. The van der Waals surface area contributed by atoms with Gasteiger partial charge in [0.25, 0.3) is 5.91 Å². The molecule has 1 amide bonds. The molecule has 1 heterocycles. The van der Waals surface area contributed by atoms with Gasteiger partial charge in [0.05, 0.1) is 29.4 Å². The molecule has 0 spiro atoms. The van der Waals surface area contributed by atoms with Crippen LogP contribution < -0.4 is 4.80 Å². The van der Waals surface area contributed by atoms with Crippen molar-refractivity contribution in [3.8, 4) is 12.3 Å². The molecule has 3 aromatic rings. The fourth-order valence-corrected chi connectivity index (χ4v) is 4.09. The molecule has 0 unspecified atom stereocenters. The summed E-state index contributed by atoms with van der Waals surface area (Å²) in [6, 6.07) is 12.5. The quantitative estimate of drug-likeness (QED) is 0.455. The molecule has 0 bridgehead atoms. The number of benzene rings is 2. The maximum atomic E-state index is 12.7. The molecule has 2 aromatic carbocycles. The fourth-order valence-electron chi connectivity index (χ4n) is 3.00. The zero-order valence-corrected chi connectivity index (χ0v) is 17.3. The van der Waals surface area contributed by atoms with Gasteiger partial charge in [-0.2, -0.15) is 4.99 Å². The van der Waals surface area contributed by atoms with Gasteiger partial charge in [-0.1, -0.05) is 36.7 Å². The molecule has 148 valence electrons. The minimum atomic E-state index is -0.448. The van der Waals surface area contributed by atoms with Crippen molar-refractivity contribution in [2.24, 2.45) is 4.99 Å². The van der Waals surface area contributed by atoms with E-state index in [-0.39, 0.29) is 5.91 Å². The summed E-state index contributed by atoms with van der Waals surface area (Å²) in [7, 11) is 1.32. The van der Waals surface area contributed by atoms with Gasteiger partial charge < -0.3 is 9.30 Å². The van der Waals surface area contributed by atoms with E-state index in [0.29, 0.717) is 22.5 Å². The number of aromatic nitrogens is 1. The molecule has 29 heavy (non-hydrogen) atoms. The molecule has 0 aliphatic rings. The molecule has 5 nitrogen and oxygen atoms in total. The molecule has 0 atom stereocenters. The Morgan fingerprint density at radius 2 is 1.90 bits per heavy atom. The van der Waals surface area contributed by atoms with Crippen molar-refractivity contribution in [3.63, 3.8) is 0 Å². The molecule has 0 fully saturated rings. The first-order chi connectivity index (χ1) is 14.1. The van der Waals surface area contributed by atoms with Crippen molar-refractivity contribution >= 4 is 33.4 Å². The number of nitrogens with zero attached hydrogens (tertiary/aromatic N) is 2. The van der Waals surface area contributed by atoms with Crippen LogP contribution >= 0.6 is 11.3 Å². The lowest BCUT2D eigenvalue weighted by atomic mass is 10.1. The predicted octanol–water partition coefficient (Wildman–Crippen LogP) is 4.21. The van der Waals surface area contributed by atoms with Crippen LogP contribution in [-0.2, 0) is 17.7 Å². The molecule has 0 N–H and O–H groups in total. The van der Waals surface area contributed by atoms with Gasteiger partial charge in [0.1, 0.15) is 0 Å². The van der Waals surface area contributed by atoms with Crippen LogP contribution in [0.2, 0.25) is 0 Å². The minimum absolute atomic E-state index is 0.335. The van der Waals surface area contributed by atoms with Crippen molar-refractivity contribution < 1.29 is 14.3 Å². The van der Waals surface area contributed by atoms with Crippen LogP contribution in [-0.4, -0.2) is 23.6 Å². The maximum Gasteiger partial charge on any atom is 0.337 e. The monoisotopic (exact) mass is 406 g/mol. The number of aryl methyl sites for hydroxylation is 1. The summed E-state index contributed by atoms with van der Waals surface area (Å²) in [6.45, 7) is 2.51. The normalized spacial score (nSPS) is 11.4. The molecule has 0 saturated heterocycles. The Labute approximate surface area is 173 Å². The zero-order valence-electron chi connectivity index (χ0n) is 16.5. The van der Waals surface area contributed by atoms with Gasteiger partial charge in [-0.25, -0.2) is 4.79 Å². The summed E-state index contributed by atoms with van der Waals surface area (Å²) in [5, 5.41) is 0. The second-order valence-electron chi connectivity index (χ2n) is 6.57. The lowest BCUT2D eigenvalue weighted by molar-refractivity contribution is 0.0600. The van der Waals surface area contributed by atoms with Gasteiger partial charge in [-0.3, -0.25) is 4.79 Å². The first-order valence-electron chi connectivity index (χ1n) is 9.40. The average molecular weight is 407 g/mol. The number of hydrogen-bond donors (Lipinski definition) is 0. The highest BCUT2D eigenvalue weighted by Gasteiger charge is 2.11. The highest BCUT2D eigenvalue weighted by Crippen LogP contribution is 2.20. The second-order valence-corrected chi connectivity index (χ2v) is 7.58. The van der Waals surface area contributed by atoms with Crippen LogP contribution in [0.25, 0.3) is 10.2 Å². The Kier molecular flexibility index (Phi) is 6.63. The summed E-state index contributed by atoms with van der Waals surface area (Å²) in [5.41, 5.74) is 3.02. The van der Waals surface area contributed by atoms with Crippen LogP contribution in [0.3, 0.4) is 0 Å². The van der Waals surface area contributed by atoms with E-state index in [1.807, 2.05) is 10.6 Å². The summed E-state index contributed by atoms with van der Waals surface area (Å²) >= 11 is 1.45. The van der Waals surface area contributed by atoms with Crippen molar-refractivity contribution in [2.45, 2.75) is 32.7 Å². The van der Waals surface area contributed by atoms with Crippen molar-refractivity contribution in [2.75, 3.05) is 7.11 Å². The van der Waals surface area contributed by atoms with Crippen molar-refractivity contribution in [3.05, 3.63) is 64.0 Å². The van der Waals surface area contributed by atoms with Crippen molar-refractivity contribution in [1.29, 1.82) is 0 Å². The van der Waals surface area contributed by atoms with E-state index in [2.05, 4.69) is 34.7 Å². The number of methoxy groups -OCH3 is 1. The molecule has 0 aliphatic heterocycles. The number of ether oxygens (including phenoxy) is 1. The summed E-state index contributed by atoms with van der Waals surface area (Å²) < 4.78 is 7.61. The van der Waals surface area contributed by atoms with Crippen LogP contribution in [0.1, 0.15) is 46.0 Å². The lowest BCUT2D eigenvalue weighted by Crippen LogP contribution is -2.16. The number of amides is 1. The topological polar surface area (TPSA) is 60.7 Å². The third-order valence-corrected chi connectivity index (χ3v) is 5.61. The number of hydrogen-bond acceptors (Lipinski definition) is 4. The number of terminal acetylenes is 1. The molecule has 0 saturated carbocycles. The SMILES string of the molecule is C#CCn1c(=NC(=O)c2ccc(C(=O)OC)cc2)sc2cc(CCCC)ccc21. The Hall–Kier alpha value is -3.17. The van der Waals surface area contributed by atoms with Crippen molar-refractivity contribution in [1.82, 2.24) is 4.57 Å². The predicted molar refractivity (Wildman–Crippen MR) is 115 cm³/mol.